The number of unbranched alkanes of at least 4 members (excludes halogenated alkanes) is 15. The van der Waals surface area contributed by atoms with Crippen LogP contribution in [0.25, 0.3) is 0 Å². The van der Waals surface area contributed by atoms with Gasteiger partial charge in [0.1, 0.15) is 6.04 Å². The Hall–Kier alpha value is -0.220. The molecule has 4 heteroatoms. The van der Waals surface area contributed by atoms with Gasteiger partial charge in [0.15, 0.2) is 0 Å². The summed E-state index contributed by atoms with van der Waals surface area (Å²) in [5, 5.41) is 12.4. The predicted molar refractivity (Wildman–Crippen MR) is 122 cm³/mol. The maximum Gasteiger partial charge on any atom is 0.320 e. The molecule has 27 heavy (non-hydrogen) atoms. The van der Waals surface area contributed by atoms with Crippen LogP contribution in [0.2, 0.25) is 0 Å². The highest BCUT2D eigenvalue weighted by molar-refractivity contribution is 7.98. The maximum atomic E-state index is 11.1. The first-order chi connectivity index (χ1) is 13.2. The second-order valence-corrected chi connectivity index (χ2v) is 8.92. The van der Waals surface area contributed by atoms with Crippen LogP contribution in [0.5, 0.6) is 0 Å². The summed E-state index contributed by atoms with van der Waals surface area (Å²) < 4.78 is 0. The minimum absolute atomic E-state index is 0.367. The zero-order valence-corrected chi connectivity index (χ0v) is 19.1. The van der Waals surface area contributed by atoms with Crippen molar-refractivity contribution in [1.82, 2.24) is 5.32 Å². The lowest BCUT2D eigenvalue weighted by Crippen LogP contribution is -2.37. The number of carboxylic acids is 1. The molecule has 1 atom stereocenters. The minimum Gasteiger partial charge on any atom is -0.480 e. The van der Waals surface area contributed by atoms with Gasteiger partial charge in [-0.15, -0.1) is 0 Å². The molecule has 0 radical (unpaired) electrons. The number of thioether (sulfide) groups is 1. The summed E-state index contributed by atoms with van der Waals surface area (Å²) in [4.78, 5) is 11.1. The molecule has 0 spiro atoms. The molecule has 162 valence electrons. The van der Waals surface area contributed by atoms with Crippen molar-refractivity contribution in [2.24, 2.45) is 0 Å². The van der Waals surface area contributed by atoms with E-state index in [1.165, 1.54) is 96.3 Å². The maximum absolute atomic E-state index is 11.1. The smallest absolute Gasteiger partial charge is 0.320 e. The molecule has 0 heterocycles. The molecule has 2 N–H and O–H groups in total. The third-order valence-corrected chi connectivity index (χ3v) is 5.97. The van der Waals surface area contributed by atoms with E-state index in [4.69, 9.17) is 5.11 Å². The highest BCUT2D eigenvalue weighted by Crippen LogP contribution is 2.13. The summed E-state index contributed by atoms with van der Waals surface area (Å²) in [6, 6.07) is -0.367. The molecular formula is C23H47NO2S. The van der Waals surface area contributed by atoms with Crippen molar-refractivity contribution in [3.63, 3.8) is 0 Å². The summed E-state index contributed by atoms with van der Waals surface area (Å²) >= 11 is 1.71. The zero-order chi connectivity index (χ0) is 20.0. The van der Waals surface area contributed by atoms with Crippen molar-refractivity contribution in [3.8, 4) is 0 Å². The van der Waals surface area contributed by atoms with Gasteiger partial charge in [0.2, 0.25) is 0 Å². The molecule has 0 aliphatic heterocycles. The number of rotatable bonds is 22. The quantitative estimate of drug-likeness (QED) is 0.191. The number of carboxylic acid groups (broad SMARTS) is 1. The lowest BCUT2D eigenvalue weighted by atomic mass is 10.0. The van der Waals surface area contributed by atoms with Gasteiger partial charge in [-0.1, -0.05) is 103 Å². The second-order valence-electron chi connectivity index (χ2n) is 7.93. The fourth-order valence-electron chi connectivity index (χ4n) is 3.50. The Morgan fingerprint density at radius 3 is 1.56 bits per heavy atom. The Morgan fingerprint density at radius 1 is 0.778 bits per heavy atom. The summed E-state index contributed by atoms with van der Waals surface area (Å²) in [7, 11) is 0. The first kappa shape index (κ1) is 26.8. The summed E-state index contributed by atoms with van der Waals surface area (Å²) in [5.41, 5.74) is 0. The van der Waals surface area contributed by atoms with Crippen LogP contribution in [0.1, 0.15) is 116 Å². The zero-order valence-electron chi connectivity index (χ0n) is 18.3. The molecule has 0 amide bonds. The lowest BCUT2D eigenvalue weighted by Gasteiger charge is -2.13. The number of aliphatic carboxylic acids is 1. The van der Waals surface area contributed by atoms with Crippen molar-refractivity contribution in [1.29, 1.82) is 0 Å². The standard InChI is InChI=1S/C23H47NO2S/c1-3-4-5-6-7-8-9-10-11-12-13-14-15-16-17-18-20-24-22(23(25)26)19-21-27-2/h22,24H,3-21H2,1-2H3,(H,25,26)/t22-/m0/s1. The number of hydrogen-bond acceptors (Lipinski definition) is 3. The van der Waals surface area contributed by atoms with Crippen molar-refractivity contribution >= 4 is 17.7 Å². The number of hydrogen-bond donors (Lipinski definition) is 2. The van der Waals surface area contributed by atoms with Crippen molar-refractivity contribution < 1.29 is 9.90 Å². The molecule has 0 aliphatic rings. The molecule has 3 nitrogen and oxygen atoms in total. The Kier molecular flexibility index (Phi) is 21.9. The number of carbonyl (C=O) groups is 1. The highest BCUT2D eigenvalue weighted by atomic mass is 32.2. The molecule has 0 bridgehead atoms. The molecule has 0 aromatic heterocycles. The van der Waals surface area contributed by atoms with Gasteiger partial charge in [-0.25, -0.2) is 0 Å². The molecule has 0 fully saturated rings. The Balaban J connectivity index is 3.21. The lowest BCUT2D eigenvalue weighted by molar-refractivity contribution is -0.139. The summed E-state index contributed by atoms with van der Waals surface area (Å²) in [5.74, 6) is 0.198. The average molecular weight is 402 g/mol. The van der Waals surface area contributed by atoms with Crippen molar-refractivity contribution in [2.45, 2.75) is 122 Å². The van der Waals surface area contributed by atoms with Crippen LogP contribution >= 0.6 is 11.8 Å². The van der Waals surface area contributed by atoms with Gasteiger partial charge >= 0.3 is 5.97 Å². The fourth-order valence-corrected chi connectivity index (χ4v) is 3.97. The normalized spacial score (nSPS) is 12.4. The van der Waals surface area contributed by atoms with E-state index in [0.29, 0.717) is 0 Å². The highest BCUT2D eigenvalue weighted by Gasteiger charge is 2.15. The Labute approximate surface area is 173 Å². The van der Waals surface area contributed by atoms with E-state index in [1.54, 1.807) is 11.8 Å². The van der Waals surface area contributed by atoms with E-state index in [2.05, 4.69) is 12.2 Å². The average Bonchev–Trinajstić information content (AvgIpc) is 2.66. The van der Waals surface area contributed by atoms with E-state index in [-0.39, 0.29) is 6.04 Å². The van der Waals surface area contributed by atoms with Crippen LogP contribution in [-0.4, -0.2) is 35.7 Å². The topological polar surface area (TPSA) is 49.3 Å². The predicted octanol–water partition coefficient (Wildman–Crippen LogP) is 7.04. The summed E-state index contributed by atoms with van der Waals surface area (Å²) in [6.45, 7) is 3.12. The Morgan fingerprint density at radius 2 is 1.19 bits per heavy atom. The molecular weight excluding hydrogens is 354 g/mol. The minimum atomic E-state index is -0.708. The van der Waals surface area contributed by atoms with E-state index >= 15 is 0 Å². The van der Waals surface area contributed by atoms with Crippen LogP contribution in [0.15, 0.2) is 0 Å². The van der Waals surface area contributed by atoms with Gasteiger partial charge in [-0.05, 0) is 31.4 Å². The van der Waals surface area contributed by atoms with Gasteiger partial charge in [-0.2, -0.15) is 11.8 Å². The van der Waals surface area contributed by atoms with Crippen LogP contribution in [0.3, 0.4) is 0 Å². The molecule has 0 saturated heterocycles. The molecule has 0 aliphatic carbocycles. The monoisotopic (exact) mass is 401 g/mol. The SMILES string of the molecule is CCCCCCCCCCCCCCCCCCN[C@@H](CCSC)C(=O)O. The van der Waals surface area contributed by atoms with E-state index in [1.807, 2.05) is 6.26 Å². The number of nitrogens with one attached hydrogen (secondary N) is 1. The second kappa shape index (κ2) is 22.1. The van der Waals surface area contributed by atoms with Crippen LogP contribution in [0, 0.1) is 0 Å². The van der Waals surface area contributed by atoms with Gasteiger partial charge in [0.05, 0.1) is 0 Å². The largest absolute Gasteiger partial charge is 0.480 e. The van der Waals surface area contributed by atoms with Crippen molar-refractivity contribution in [2.75, 3.05) is 18.6 Å². The van der Waals surface area contributed by atoms with Crippen LogP contribution < -0.4 is 5.32 Å². The molecule has 0 unspecified atom stereocenters. The molecule has 0 rings (SSSR count). The first-order valence-corrected chi connectivity index (χ1v) is 13.1. The third kappa shape index (κ3) is 20.3. The van der Waals surface area contributed by atoms with Gasteiger partial charge < -0.3 is 10.4 Å². The molecule has 0 saturated carbocycles. The Bertz CT molecular complexity index is 313. The van der Waals surface area contributed by atoms with E-state index in [0.717, 1.165) is 25.1 Å². The van der Waals surface area contributed by atoms with Gasteiger partial charge in [-0.3, -0.25) is 4.79 Å². The van der Waals surface area contributed by atoms with Crippen molar-refractivity contribution in [3.05, 3.63) is 0 Å². The summed E-state index contributed by atoms with van der Waals surface area (Å²) in [6.07, 6.45) is 24.7. The van der Waals surface area contributed by atoms with E-state index < -0.39 is 5.97 Å². The first-order valence-electron chi connectivity index (χ1n) is 11.7. The van der Waals surface area contributed by atoms with Gasteiger partial charge in [0.25, 0.3) is 0 Å². The van der Waals surface area contributed by atoms with Crippen LogP contribution in [0.4, 0.5) is 0 Å². The third-order valence-electron chi connectivity index (χ3n) is 5.33. The molecule has 0 aromatic rings. The van der Waals surface area contributed by atoms with Gasteiger partial charge in [0, 0.05) is 0 Å². The molecule has 0 aromatic carbocycles. The van der Waals surface area contributed by atoms with E-state index in [9.17, 15) is 4.79 Å². The van der Waals surface area contributed by atoms with Crippen LogP contribution in [-0.2, 0) is 4.79 Å². The fraction of sp³-hybridized carbons (Fsp3) is 0.957.